The lowest BCUT2D eigenvalue weighted by Crippen LogP contribution is -2.13. The van der Waals surface area contributed by atoms with E-state index in [1.165, 1.54) is 4.90 Å². The summed E-state index contributed by atoms with van der Waals surface area (Å²) in [5, 5.41) is 23.0. The lowest BCUT2D eigenvalue weighted by Gasteiger charge is -2.08. The smallest absolute Gasteiger partial charge is 0.328 e. The molecule has 0 aliphatic heterocycles. The molecular weight excluding hydrogens is 340 g/mol. The number of hydrogen-bond donors (Lipinski definition) is 4. The van der Waals surface area contributed by atoms with Crippen LogP contribution in [-0.4, -0.2) is 28.0 Å². The molecule has 0 bridgehead atoms. The quantitative estimate of drug-likeness (QED) is 0.357. The van der Waals surface area contributed by atoms with Crippen LogP contribution in [0.1, 0.15) is 5.56 Å². The van der Waals surface area contributed by atoms with Crippen molar-refractivity contribution < 1.29 is 19.8 Å². The lowest BCUT2D eigenvalue weighted by molar-refractivity contribution is -0.134. The Morgan fingerprint density at radius 3 is 2.00 bits per heavy atom. The zero-order valence-corrected chi connectivity index (χ0v) is 14.1. The van der Waals surface area contributed by atoms with Crippen molar-refractivity contribution >= 4 is 29.5 Å². The van der Waals surface area contributed by atoms with Crippen molar-refractivity contribution in [2.75, 3.05) is 0 Å². The van der Waals surface area contributed by atoms with Crippen molar-refractivity contribution in [1.29, 1.82) is 5.41 Å². The van der Waals surface area contributed by atoms with Crippen molar-refractivity contribution in [3.63, 3.8) is 0 Å². The Hall–Kier alpha value is -3.06. The summed E-state index contributed by atoms with van der Waals surface area (Å²) in [6.07, 6.45) is 1.63. The summed E-state index contributed by atoms with van der Waals surface area (Å²) >= 11 is 1.70. The van der Waals surface area contributed by atoms with Crippen molar-refractivity contribution in [1.82, 2.24) is 0 Å². The van der Waals surface area contributed by atoms with Crippen LogP contribution in [0.5, 0.6) is 0 Å². The van der Waals surface area contributed by atoms with Crippen molar-refractivity contribution in [3.05, 3.63) is 72.3 Å². The fourth-order valence-corrected chi connectivity index (χ4v) is 2.68. The molecule has 0 amide bonds. The first kappa shape index (κ1) is 20.0. The van der Waals surface area contributed by atoms with Crippen LogP contribution >= 0.6 is 11.8 Å². The maximum absolute atomic E-state index is 9.55. The van der Waals surface area contributed by atoms with Gasteiger partial charge in [-0.1, -0.05) is 48.2 Å². The number of amidine groups is 1. The lowest BCUT2D eigenvalue weighted by atomic mass is 10.1. The molecule has 0 fully saturated rings. The van der Waals surface area contributed by atoms with Gasteiger partial charge in [0.05, 0.1) is 5.84 Å². The summed E-state index contributed by atoms with van der Waals surface area (Å²) in [6.45, 7) is 0. The zero-order valence-electron chi connectivity index (χ0n) is 13.3. The highest BCUT2D eigenvalue weighted by molar-refractivity contribution is 7.99. The SMILES string of the molecule is N=C(N)Cc1ccccc1Sc1ccccc1.O=C(O)/C=C\C(=O)O. The first-order valence-electron chi connectivity index (χ1n) is 7.16. The van der Waals surface area contributed by atoms with E-state index < -0.39 is 11.9 Å². The van der Waals surface area contributed by atoms with E-state index >= 15 is 0 Å². The normalized spacial score (nSPS) is 9.92. The van der Waals surface area contributed by atoms with Gasteiger partial charge in [0, 0.05) is 28.4 Å². The van der Waals surface area contributed by atoms with Gasteiger partial charge in [-0.3, -0.25) is 5.41 Å². The van der Waals surface area contributed by atoms with Crippen LogP contribution in [0.2, 0.25) is 0 Å². The molecule has 130 valence electrons. The highest BCUT2D eigenvalue weighted by atomic mass is 32.2. The average molecular weight is 358 g/mol. The number of rotatable bonds is 6. The van der Waals surface area contributed by atoms with Gasteiger partial charge in [0.1, 0.15) is 0 Å². The average Bonchev–Trinajstić information content (AvgIpc) is 2.56. The number of hydrogen-bond acceptors (Lipinski definition) is 4. The Bertz CT molecular complexity index is 745. The molecular formula is C18H18N2O4S. The summed E-state index contributed by atoms with van der Waals surface area (Å²) in [6, 6.07) is 18.3. The van der Waals surface area contributed by atoms with Gasteiger partial charge in [-0.15, -0.1) is 0 Å². The number of aliphatic carboxylic acids is 2. The predicted molar refractivity (Wildman–Crippen MR) is 97.0 cm³/mol. The second-order valence-electron chi connectivity index (χ2n) is 4.73. The molecule has 2 rings (SSSR count). The third-order valence-electron chi connectivity index (χ3n) is 2.69. The Morgan fingerprint density at radius 1 is 0.960 bits per heavy atom. The van der Waals surface area contributed by atoms with Gasteiger partial charge in [-0.25, -0.2) is 9.59 Å². The molecule has 25 heavy (non-hydrogen) atoms. The van der Waals surface area contributed by atoms with E-state index in [0.29, 0.717) is 18.6 Å². The van der Waals surface area contributed by atoms with Crippen LogP contribution in [0.3, 0.4) is 0 Å². The molecule has 0 aliphatic rings. The molecule has 7 heteroatoms. The molecule has 0 saturated heterocycles. The Kier molecular flexibility index (Phi) is 8.53. The van der Waals surface area contributed by atoms with E-state index in [-0.39, 0.29) is 5.84 Å². The number of nitrogens with one attached hydrogen (secondary N) is 1. The van der Waals surface area contributed by atoms with E-state index in [1.54, 1.807) is 11.8 Å². The van der Waals surface area contributed by atoms with Gasteiger partial charge in [-0.05, 0) is 23.8 Å². The number of benzene rings is 2. The van der Waals surface area contributed by atoms with Gasteiger partial charge in [0.25, 0.3) is 0 Å². The second-order valence-corrected chi connectivity index (χ2v) is 5.85. The molecule has 0 unspecified atom stereocenters. The van der Waals surface area contributed by atoms with Crippen molar-refractivity contribution in [2.24, 2.45) is 5.73 Å². The molecule has 0 atom stereocenters. The molecule has 0 spiro atoms. The van der Waals surface area contributed by atoms with Gasteiger partial charge < -0.3 is 15.9 Å². The van der Waals surface area contributed by atoms with Gasteiger partial charge in [-0.2, -0.15) is 0 Å². The summed E-state index contributed by atoms with van der Waals surface area (Å²) in [5.74, 6) is -2.31. The molecule has 2 aromatic carbocycles. The van der Waals surface area contributed by atoms with Crippen LogP contribution in [0.4, 0.5) is 0 Å². The Morgan fingerprint density at radius 2 is 1.48 bits per heavy atom. The van der Waals surface area contributed by atoms with E-state index in [4.69, 9.17) is 21.4 Å². The van der Waals surface area contributed by atoms with Gasteiger partial charge in [0.15, 0.2) is 0 Å². The number of nitrogens with two attached hydrogens (primary N) is 1. The fraction of sp³-hybridized carbons (Fsp3) is 0.0556. The minimum Gasteiger partial charge on any atom is -0.478 e. The first-order valence-corrected chi connectivity index (χ1v) is 7.97. The van der Waals surface area contributed by atoms with E-state index in [9.17, 15) is 9.59 Å². The third-order valence-corrected chi connectivity index (χ3v) is 3.82. The van der Waals surface area contributed by atoms with E-state index in [1.807, 2.05) is 36.4 Å². The largest absolute Gasteiger partial charge is 0.478 e. The van der Waals surface area contributed by atoms with E-state index in [2.05, 4.69) is 18.2 Å². The molecule has 6 nitrogen and oxygen atoms in total. The summed E-state index contributed by atoms with van der Waals surface area (Å²) in [4.78, 5) is 21.5. The standard InChI is InChI=1S/C14H14N2S.C4H4O4/c15-14(16)10-11-6-4-5-9-13(11)17-12-7-2-1-3-8-12;5-3(6)1-2-4(7)8/h1-9H,10H2,(H3,15,16);1-2H,(H,5,6)(H,7,8)/b;2-1-. The fourth-order valence-electron chi connectivity index (χ4n) is 1.71. The first-order chi connectivity index (χ1) is 11.9. The number of carbonyl (C=O) groups is 2. The van der Waals surface area contributed by atoms with Crippen LogP contribution < -0.4 is 5.73 Å². The summed E-state index contributed by atoms with van der Waals surface area (Å²) in [7, 11) is 0. The number of carboxylic acid groups (broad SMARTS) is 2. The molecule has 5 N–H and O–H groups in total. The molecule has 0 saturated carbocycles. The van der Waals surface area contributed by atoms with Crippen LogP contribution in [0, 0.1) is 5.41 Å². The van der Waals surface area contributed by atoms with Gasteiger partial charge >= 0.3 is 11.9 Å². The summed E-state index contributed by atoms with van der Waals surface area (Å²) in [5.41, 5.74) is 6.57. The predicted octanol–water partition coefficient (Wildman–Crippen LogP) is 3.03. The van der Waals surface area contributed by atoms with Gasteiger partial charge in [0.2, 0.25) is 0 Å². The number of carboxylic acids is 2. The molecule has 2 aromatic rings. The third kappa shape index (κ3) is 8.97. The topological polar surface area (TPSA) is 124 Å². The van der Waals surface area contributed by atoms with Crippen molar-refractivity contribution in [3.8, 4) is 0 Å². The van der Waals surface area contributed by atoms with Crippen LogP contribution in [0.15, 0.2) is 76.5 Å². The highest BCUT2D eigenvalue weighted by Gasteiger charge is 2.04. The molecule has 0 aromatic heterocycles. The highest BCUT2D eigenvalue weighted by Crippen LogP contribution is 2.30. The van der Waals surface area contributed by atoms with Crippen LogP contribution in [-0.2, 0) is 16.0 Å². The maximum atomic E-state index is 9.55. The van der Waals surface area contributed by atoms with Crippen LogP contribution in [0.25, 0.3) is 0 Å². The van der Waals surface area contributed by atoms with E-state index in [0.717, 1.165) is 10.5 Å². The molecule has 0 radical (unpaired) electrons. The monoisotopic (exact) mass is 358 g/mol. The second kappa shape index (κ2) is 10.7. The molecule has 0 heterocycles. The van der Waals surface area contributed by atoms with Crippen molar-refractivity contribution in [2.45, 2.75) is 16.2 Å². The maximum Gasteiger partial charge on any atom is 0.328 e. The zero-order chi connectivity index (χ0) is 18.7. The Balaban J connectivity index is 0.000000333. The minimum absolute atomic E-state index is 0.200. The minimum atomic E-state index is -1.26. The Labute approximate surface area is 149 Å². The summed E-state index contributed by atoms with van der Waals surface area (Å²) < 4.78 is 0. The molecule has 0 aliphatic carbocycles.